The Morgan fingerprint density at radius 1 is 1.62 bits per heavy atom. The normalized spacial score (nSPS) is 12.6. The van der Waals surface area contributed by atoms with Crippen molar-refractivity contribution in [2.75, 3.05) is 18.1 Å². The Morgan fingerprint density at radius 2 is 2.38 bits per heavy atom. The molecule has 0 aromatic carbocycles. The maximum absolute atomic E-state index is 11.1. The SMILES string of the molecule is CCS(=O)CCNCc1csc([N+](=O)[O-])c1. The molecule has 1 heterocycles. The highest BCUT2D eigenvalue weighted by atomic mass is 32.2. The molecule has 0 spiro atoms. The minimum absolute atomic E-state index is 0.161. The van der Waals surface area contributed by atoms with Crippen molar-refractivity contribution in [2.24, 2.45) is 0 Å². The Kier molecular flexibility index (Phi) is 5.58. The third kappa shape index (κ3) is 4.38. The fourth-order valence-corrected chi connectivity index (χ4v) is 2.50. The number of hydrogen-bond donors (Lipinski definition) is 1. The molecule has 1 atom stereocenters. The zero-order chi connectivity index (χ0) is 12.0. The smallest absolute Gasteiger partial charge is 0.312 e. The highest BCUT2D eigenvalue weighted by molar-refractivity contribution is 7.84. The third-order valence-corrected chi connectivity index (χ3v) is 4.21. The van der Waals surface area contributed by atoms with Gasteiger partial charge in [0, 0.05) is 46.8 Å². The highest BCUT2D eigenvalue weighted by Gasteiger charge is 2.08. The van der Waals surface area contributed by atoms with Gasteiger partial charge in [-0.2, -0.15) is 0 Å². The molecule has 0 aliphatic heterocycles. The Hall–Kier alpha value is -0.790. The molecule has 1 unspecified atom stereocenters. The summed E-state index contributed by atoms with van der Waals surface area (Å²) in [6, 6.07) is 1.56. The van der Waals surface area contributed by atoms with Crippen molar-refractivity contribution in [3.8, 4) is 0 Å². The quantitative estimate of drug-likeness (QED) is 0.459. The lowest BCUT2D eigenvalue weighted by Gasteiger charge is -2.01. The van der Waals surface area contributed by atoms with Crippen LogP contribution in [-0.2, 0) is 17.3 Å². The maximum Gasteiger partial charge on any atom is 0.324 e. The second-order valence-corrected chi connectivity index (χ2v) is 5.91. The van der Waals surface area contributed by atoms with Crippen molar-refractivity contribution in [1.29, 1.82) is 0 Å². The molecule has 1 aromatic rings. The summed E-state index contributed by atoms with van der Waals surface area (Å²) in [5.41, 5.74) is 0.902. The first-order chi connectivity index (χ1) is 7.63. The number of nitrogens with one attached hydrogen (secondary N) is 1. The van der Waals surface area contributed by atoms with Crippen LogP contribution < -0.4 is 5.32 Å². The summed E-state index contributed by atoms with van der Waals surface area (Å²) in [7, 11) is -0.755. The second kappa shape index (κ2) is 6.72. The molecule has 0 bridgehead atoms. The Bertz CT molecular complexity index is 379. The monoisotopic (exact) mass is 262 g/mol. The van der Waals surface area contributed by atoms with Gasteiger partial charge in [-0.05, 0) is 5.56 Å². The summed E-state index contributed by atoms with van der Waals surface area (Å²) in [6.45, 7) is 3.15. The van der Waals surface area contributed by atoms with Gasteiger partial charge < -0.3 is 5.32 Å². The van der Waals surface area contributed by atoms with Crippen LogP contribution in [0, 0.1) is 10.1 Å². The van der Waals surface area contributed by atoms with Crippen molar-refractivity contribution in [1.82, 2.24) is 5.32 Å². The fraction of sp³-hybridized carbons (Fsp3) is 0.556. The van der Waals surface area contributed by atoms with Crippen molar-refractivity contribution < 1.29 is 9.13 Å². The van der Waals surface area contributed by atoms with Crippen LogP contribution in [0.4, 0.5) is 5.00 Å². The maximum atomic E-state index is 11.1. The molecular formula is C9H14N2O3S2. The minimum Gasteiger partial charge on any atom is -0.312 e. The van der Waals surface area contributed by atoms with Gasteiger partial charge in [0.2, 0.25) is 0 Å². The minimum atomic E-state index is -0.755. The van der Waals surface area contributed by atoms with E-state index in [1.54, 1.807) is 11.4 Å². The van der Waals surface area contributed by atoms with Crippen LogP contribution in [0.25, 0.3) is 0 Å². The van der Waals surface area contributed by atoms with Crippen LogP contribution in [0.2, 0.25) is 0 Å². The Labute approximate surface area is 100 Å². The first-order valence-corrected chi connectivity index (χ1v) is 7.27. The number of thiophene rings is 1. The average molecular weight is 262 g/mol. The van der Waals surface area contributed by atoms with E-state index >= 15 is 0 Å². The van der Waals surface area contributed by atoms with Gasteiger partial charge in [-0.25, -0.2) is 0 Å². The summed E-state index contributed by atoms with van der Waals surface area (Å²) in [5.74, 6) is 1.30. The lowest BCUT2D eigenvalue weighted by molar-refractivity contribution is -0.380. The van der Waals surface area contributed by atoms with Gasteiger partial charge in [-0.1, -0.05) is 18.3 Å². The summed E-state index contributed by atoms with van der Waals surface area (Å²) in [5, 5.41) is 15.5. The zero-order valence-corrected chi connectivity index (χ0v) is 10.6. The van der Waals surface area contributed by atoms with Gasteiger partial charge >= 0.3 is 5.00 Å². The van der Waals surface area contributed by atoms with E-state index in [1.165, 1.54) is 0 Å². The lowest BCUT2D eigenvalue weighted by Crippen LogP contribution is -2.20. The van der Waals surface area contributed by atoms with Crippen LogP contribution >= 0.6 is 11.3 Å². The predicted molar refractivity (Wildman–Crippen MR) is 66.2 cm³/mol. The summed E-state index contributed by atoms with van der Waals surface area (Å²) >= 11 is 1.13. The summed E-state index contributed by atoms with van der Waals surface area (Å²) < 4.78 is 11.1. The molecule has 0 saturated carbocycles. The van der Waals surface area contributed by atoms with Gasteiger partial charge in [0.05, 0.1) is 4.92 Å². The van der Waals surface area contributed by atoms with Crippen molar-refractivity contribution >= 4 is 27.1 Å². The van der Waals surface area contributed by atoms with E-state index in [9.17, 15) is 14.3 Å². The molecule has 0 fully saturated rings. The predicted octanol–water partition coefficient (Wildman–Crippen LogP) is 1.51. The molecule has 0 saturated heterocycles. The molecule has 1 rings (SSSR count). The summed E-state index contributed by atoms with van der Waals surface area (Å²) in [4.78, 5) is 10.0. The van der Waals surface area contributed by atoms with Crippen molar-refractivity contribution in [3.63, 3.8) is 0 Å². The molecule has 0 aliphatic carbocycles. The van der Waals surface area contributed by atoms with Gasteiger partial charge in [-0.3, -0.25) is 14.3 Å². The Balaban J connectivity index is 2.27. The lowest BCUT2D eigenvalue weighted by atomic mass is 10.3. The van der Waals surface area contributed by atoms with Gasteiger partial charge in [0.1, 0.15) is 0 Å². The van der Waals surface area contributed by atoms with Crippen LogP contribution in [0.5, 0.6) is 0 Å². The molecular weight excluding hydrogens is 248 g/mol. The molecule has 5 nitrogen and oxygen atoms in total. The van der Waals surface area contributed by atoms with E-state index in [0.29, 0.717) is 24.6 Å². The van der Waals surface area contributed by atoms with E-state index in [0.717, 1.165) is 16.9 Å². The molecule has 1 N–H and O–H groups in total. The Morgan fingerprint density at radius 3 is 2.94 bits per heavy atom. The number of rotatable bonds is 7. The molecule has 0 amide bonds. The number of nitro groups is 1. The molecule has 0 aliphatic rings. The van der Waals surface area contributed by atoms with E-state index < -0.39 is 10.8 Å². The van der Waals surface area contributed by atoms with Crippen molar-refractivity contribution in [3.05, 3.63) is 27.1 Å². The first kappa shape index (κ1) is 13.3. The molecule has 0 radical (unpaired) electrons. The summed E-state index contributed by atoms with van der Waals surface area (Å²) in [6.07, 6.45) is 0. The topological polar surface area (TPSA) is 72.2 Å². The standard InChI is InChI=1S/C9H14N2O3S2/c1-2-16(14)4-3-10-6-8-5-9(11(12)13)15-7-8/h5,7,10H,2-4,6H2,1H3. The van der Waals surface area contributed by atoms with Gasteiger partial charge in [0.25, 0.3) is 0 Å². The van der Waals surface area contributed by atoms with Gasteiger partial charge in [-0.15, -0.1) is 0 Å². The third-order valence-electron chi connectivity index (χ3n) is 1.98. The van der Waals surface area contributed by atoms with Crippen LogP contribution in [0.3, 0.4) is 0 Å². The molecule has 16 heavy (non-hydrogen) atoms. The number of nitrogens with zero attached hydrogens (tertiary/aromatic N) is 1. The van der Waals surface area contributed by atoms with Crippen LogP contribution in [0.15, 0.2) is 11.4 Å². The van der Waals surface area contributed by atoms with Crippen LogP contribution in [-0.4, -0.2) is 27.2 Å². The van der Waals surface area contributed by atoms with Crippen molar-refractivity contribution in [2.45, 2.75) is 13.5 Å². The largest absolute Gasteiger partial charge is 0.324 e. The first-order valence-electron chi connectivity index (χ1n) is 4.91. The highest BCUT2D eigenvalue weighted by Crippen LogP contribution is 2.22. The number of hydrogen-bond acceptors (Lipinski definition) is 5. The average Bonchev–Trinajstić information content (AvgIpc) is 2.72. The van der Waals surface area contributed by atoms with E-state index in [1.807, 2.05) is 6.92 Å². The zero-order valence-electron chi connectivity index (χ0n) is 8.97. The van der Waals surface area contributed by atoms with E-state index in [4.69, 9.17) is 0 Å². The van der Waals surface area contributed by atoms with Gasteiger partial charge in [0.15, 0.2) is 0 Å². The van der Waals surface area contributed by atoms with E-state index in [2.05, 4.69) is 5.32 Å². The van der Waals surface area contributed by atoms with Crippen LogP contribution in [0.1, 0.15) is 12.5 Å². The second-order valence-electron chi connectivity index (χ2n) is 3.16. The molecule has 1 aromatic heterocycles. The molecule has 90 valence electrons. The van der Waals surface area contributed by atoms with E-state index in [-0.39, 0.29) is 9.92 Å². The molecule has 7 heteroatoms. The fourth-order valence-electron chi connectivity index (χ4n) is 1.11.